The van der Waals surface area contributed by atoms with Gasteiger partial charge in [0.2, 0.25) is 0 Å². The van der Waals surface area contributed by atoms with Gasteiger partial charge in [-0.15, -0.1) is 0 Å². The van der Waals surface area contributed by atoms with Crippen LogP contribution < -0.4 is 21.5 Å². The third-order valence-electron chi connectivity index (χ3n) is 5.02. The highest BCUT2D eigenvalue weighted by Crippen LogP contribution is 2.18. The van der Waals surface area contributed by atoms with Crippen LogP contribution in [0, 0.1) is 5.92 Å². The molecule has 9 heteroatoms. The zero-order chi connectivity index (χ0) is 24.1. The average Bonchev–Trinajstić information content (AvgIpc) is 3.34. The molecule has 0 aliphatic carbocycles. The van der Waals surface area contributed by atoms with E-state index < -0.39 is 5.91 Å². The fourth-order valence-corrected chi connectivity index (χ4v) is 3.46. The van der Waals surface area contributed by atoms with Crippen molar-refractivity contribution in [3.8, 4) is 0 Å². The molecule has 0 atom stereocenters. The molecule has 2 heterocycles. The normalized spacial score (nSPS) is 10.9. The molecule has 3 N–H and O–H groups in total. The van der Waals surface area contributed by atoms with Gasteiger partial charge < -0.3 is 20.4 Å². The van der Waals surface area contributed by atoms with E-state index in [4.69, 9.17) is 4.42 Å². The number of nitrogens with zero attached hydrogens (tertiary/aromatic N) is 2. The number of urea groups is 1. The maximum atomic E-state index is 13.1. The Kier molecular flexibility index (Phi) is 6.72. The summed E-state index contributed by atoms with van der Waals surface area (Å²) < 4.78 is 6.52. The van der Waals surface area contributed by atoms with Crippen LogP contribution in [0.2, 0.25) is 0 Å². The Labute approximate surface area is 195 Å². The predicted octanol–water partition coefficient (Wildman–Crippen LogP) is 4.22. The van der Waals surface area contributed by atoms with Crippen molar-refractivity contribution in [2.45, 2.75) is 26.9 Å². The van der Waals surface area contributed by atoms with Crippen LogP contribution in [-0.4, -0.2) is 21.7 Å². The summed E-state index contributed by atoms with van der Waals surface area (Å²) in [4.78, 5) is 37.9. The standard InChI is InChI=1S/C25H25N5O4/c1-16(2)15-30-24(32)21-8-4-3-7-20(21)22(29-30)23(31)27-17-9-11-18(12-10-17)28-25(33)26-14-19-6-5-13-34-19/h3-13,16H,14-15H2,1-2H3,(H,27,31)(H2,26,28,33). The Balaban J connectivity index is 1.47. The first kappa shape index (κ1) is 22.8. The van der Waals surface area contributed by atoms with Crippen LogP contribution in [0.3, 0.4) is 0 Å². The summed E-state index contributed by atoms with van der Waals surface area (Å²) in [6.07, 6.45) is 1.54. The summed E-state index contributed by atoms with van der Waals surface area (Å²) in [7, 11) is 0. The minimum atomic E-state index is -0.425. The summed E-state index contributed by atoms with van der Waals surface area (Å²) in [6, 6.07) is 16.8. The van der Waals surface area contributed by atoms with E-state index in [9.17, 15) is 14.4 Å². The van der Waals surface area contributed by atoms with Crippen LogP contribution in [0.5, 0.6) is 0 Å². The van der Waals surface area contributed by atoms with E-state index in [0.717, 1.165) is 0 Å². The van der Waals surface area contributed by atoms with Gasteiger partial charge in [0.15, 0.2) is 5.69 Å². The molecule has 0 bridgehead atoms. The summed E-state index contributed by atoms with van der Waals surface area (Å²) in [5, 5.41) is 13.5. The molecule has 2 aromatic carbocycles. The minimum absolute atomic E-state index is 0.176. The lowest BCUT2D eigenvalue weighted by Crippen LogP contribution is -2.29. The molecule has 0 spiro atoms. The monoisotopic (exact) mass is 459 g/mol. The van der Waals surface area contributed by atoms with E-state index >= 15 is 0 Å². The van der Waals surface area contributed by atoms with Crippen LogP contribution >= 0.6 is 0 Å². The number of benzene rings is 2. The van der Waals surface area contributed by atoms with Crippen molar-refractivity contribution in [1.29, 1.82) is 0 Å². The molecule has 4 aromatic rings. The third kappa shape index (κ3) is 5.32. The molecule has 0 saturated carbocycles. The molecule has 0 unspecified atom stereocenters. The lowest BCUT2D eigenvalue weighted by molar-refractivity contribution is 0.102. The van der Waals surface area contributed by atoms with E-state index in [1.165, 1.54) is 4.68 Å². The van der Waals surface area contributed by atoms with Crippen molar-refractivity contribution in [3.63, 3.8) is 0 Å². The Morgan fingerprint density at radius 1 is 0.941 bits per heavy atom. The predicted molar refractivity (Wildman–Crippen MR) is 130 cm³/mol. The lowest BCUT2D eigenvalue weighted by Gasteiger charge is -2.13. The Morgan fingerprint density at radius 2 is 1.62 bits per heavy atom. The molecular formula is C25H25N5O4. The van der Waals surface area contributed by atoms with Crippen molar-refractivity contribution < 1.29 is 14.0 Å². The number of anilines is 2. The highest BCUT2D eigenvalue weighted by Gasteiger charge is 2.17. The van der Waals surface area contributed by atoms with Gasteiger partial charge in [0.05, 0.1) is 18.2 Å². The number of hydrogen-bond donors (Lipinski definition) is 3. The Hall–Kier alpha value is -4.40. The quantitative estimate of drug-likeness (QED) is 0.382. The molecule has 2 aromatic heterocycles. The van der Waals surface area contributed by atoms with Crippen LogP contribution in [-0.2, 0) is 13.1 Å². The molecule has 0 saturated heterocycles. The number of fused-ring (bicyclic) bond motifs is 1. The summed E-state index contributed by atoms with van der Waals surface area (Å²) in [5.41, 5.74) is 1.04. The van der Waals surface area contributed by atoms with Crippen molar-refractivity contribution >= 4 is 34.1 Å². The van der Waals surface area contributed by atoms with Crippen molar-refractivity contribution in [2.24, 2.45) is 5.92 Å². The first-order valence-corrected chi connectivity index (χ1v) is 10.9. The van der Waals surface area contributed by atoms with Crippen molar-refractivity contribution in [3.05, 3.63) is 88.7 Å². The number of aromatic nitrogens is 2. The number of hydrogen-bond acceptors (Lipinski definition) is 5. The number of rotatable bonds is 7. The summed E-state index contributed by atoms with van der Waals surface area (Å²) in [6.45, 7) is 4.64. The highest BCUT2D eigenvalue weighted by molar-refractivity contribution is 6.11. The van der Waals surface area contributed by atoms with Gasteiger partial charge in [-0.3, -0.25) is 9.59 Å². The van der Waals surface area contributed by atoms with Crippen LogP contribution in [0.25, 0.3) is 10.8 Å². The van der Waals surface area contributed by atoms with Gasteiger partial charge in [-0.1, -0.05) is 32.0 Å². The fraction of sp³-hybridized carbons (Fsp3) is 0.200. The van der Waals surface area contributed by atoms with Gasteiger partial charge in [0, 0.05) is 23.3 Å². The molecule has 0 aliphatic heterocycles. The number of nitrogens with one attached hydrogen (secondary N) is 3. The molecule has 3 amide bonds. The smallest absolute Gasteiger partial charge is 0.319 e. The maximum absolute atomic E-state index is 13.1. The van der Waals surface area contributed by atoms with Crippen LogP contribution in [0.4, 0.5) is 16.2 Å². The van der Waals surface area contributed by atoms with Gasteiger partial charge >= 0.3 is 6.03 Å². The Morgan fingerprint density at radius 3 is 2.26 bits per heavy atom. The van der Waals surface area contributed by atoms with Crippen molar-refractivity contribution in [1.82, 2.24) is 15.1 Å². The SMILES string of the molecule is CC(C)Cn1nc(C(=O)Nc2ccc(NC(=O)NCc3ccco3)cc2)c2ccccc2c1=O. The van der Waals surface area contributed by atoms with E-state index in [1.54, 1.807) is 66.9 Å². The number of carbonyl (C=O) groups is 2. The maximum Gasteiger partial charge on any atom is 0.319 e. The summed E-state index contributed by atoms with van der Waals surface area (Å²) >= 11 is 0. The largest absolute Gasteiger partial charge is 0.467 e. The zero-order valence-corrected chi connectivity index (χ0v) is 18.9. The second-order valence-electron chi connectivity index (χ2n) is 8.19. The molecule has 9 nitrogen and oxygen atoms in total. The molecule has 4 rings (SSSR count). The van der Waals surface area contributed by atoms with Gasteiger partial charge in [-0.25, -0.2) is 9.48 Å². The van der Waals surface area contributed by atoms with Gasteiger partial charge in [0.25, 0.3) is 11.5 Å². The third-order valence-corrected chi connectivity index (χ3v) is 5.02. The molecule has 174 valence electrons. The topological polar surface area (TPSA) is 118 Å². The van der Waals surface area contributed by atoms with E-state index in [0.29, 0.717) is 34.5 Å². The second kappa shape index (κ2) is 10.0. The van der Waals surface area contributed by atoms with Gasteiger partial charge in [0.1, 0.15) is 5.76 Å². The highest BCUT2D eigenvalue weighted by atomic mass is 16.3. The summed E-state index contributed by atoms with van der Waals surface area (Å²) in [5.74, 6) is 0.415. The minimum Gasteiger partial charge on any atom is -0.467 e. The van der Waals surface area contributed by atoms with E-state index in [-0.39, 0.29) is 29.7 Å². The molecular weight excluding hydrogens is 434 g/mol. The van der Waals surface area contributed by atoms with Crippen LogP contribution in [0.15, 0.2) is 76.1 Å². The van der Waals surface area contributed by atoms with Gasteiger partial charge in [-0.05, 0) is 48.4 Å². The van der Waals surface area contributed by atoms with E-state index in [2.05, 4.69) is 21.0 Å². The van der Waals surface area contributed by atoms with Crippen LogP contribution in [0.1, 0.15) is 30.1 Å². The average molecular weight is 460 g/mol. The lowest BCUT2D eigenvalue weighted by atomic mass is 10.1. The molecule has 0 aliphatic rings. The van der Waals surface area contributed by atoms with E-state index in [1.807, 2.05) is 13.8 Å². The fourth-order valence-electron chi connectivity index (χ4n) is 3.46. The molecule has 0 radical (unpaired) electrons. The number of amides is 3. The molecule has 34 heavy (non-hydrogen) atoms. The second-order valence-corrected chi connectivity index (χ2v) is 8.19. The Bertz CT molecular complexity index is 1360. The number of furan rings is 1. The zero-order valence-electron chi connectivity index (χ0n) is 18.9. The van der Waals surface area contributed by atoms with Gasteiger partial charge in [-0.2, -0.15) is 5.10 Å². The molecule has 0 fully saturated rings. The first-order chi connectivity index (χ1) is 16.4. The van der Waals surface area contributed by atoms with Crippen molar-refractivity contribution in [2.75, 3.05) is 10.6 Å². The first-order valence-electron chi connectivity index (χ1n) is 10.9. The number of carbonyl (C=O) groups excluding carboxylic acids is 2.